The van der Waals surface area contributed by atoms with Crippen molar-refractivity contribution < 1.29 is 19.4 Å². The molecule has 2 atom stereocenters. The van der Waals surface area contributed by atoms with Crippen molar-refractivity contribution >= 4 is 11.9 Å². The highest BCUT2D eigenvalue weighted by Gasteiger charge is 2.24. The number of nitrogens with one attached hydrogen (secondary N) is 1. The third-order valence-corrected chi connectivity index (χ3v) is 3.81. The fraction of sp³-hybridized carbons (Fsp3) is 0.263. The molecule has 1 amide bonds. The number of carboxylic acid groups (broad SMARTS) is 1. The molecule has 0 saturated heterocycles. The third-order valence-electron chi connectivity index (χ3n) is 3.81. The molecule has 0 bridgehead atoms. The van der Waals surface area contributed by atoms with E-state index >= 15 is 0 Å². The fourth-order valence-electron chi connectivity index (χ4n) is 2.43. The van der Waals surface area contributed by atoms with Gasteiger partial charge in [-0.25, -0.2) is 4.79 Å². The van der Waals surface area contributed by atoms with Crippen molar-refractivity contribution in [3.63, 3.8) is 0 Å². The molecule has 5 nitrogen and oxygen atoms in total. The zero-order valence-corrected chi connectivity index (χ0v) is 13.7. The van der Waals surface area contributed by atoms with Crippen LogP contribution in [0.5, 0.6) is 5.75 Å². The quantitative estimate of drug-likeness (QED) is 0.820. The lowest BCUT2D eigenvalue weighted by molar-refractivity contribution is -0.142. The van der Waals surface area contributed by atoms with E-state index in [0.29, 0.717) is 12.0 Å². The molecule has 2 unspecified atom stereocenters. The molecule has 2 rings (SSSR count). The van der Waals surface area contributed by atoms with Crippen molar-refractivity contribution in [1.29, 1.82) is 0 Å². The summed E-state index contributed by atoms with van der Waals surface area (Å²) in [6.07, 6.45) is 0.525. The molecule has 0 aliphatic carbocycles. The number of carboxylic acids is 1. The smallest absolute Gasteiger partial charge is 0.330 e. The van der Waals surface area contributed by atoms with Crippen LogP contribution in [0.4, 0.5) is 0 Å². The number of benzene rings is 2. The molecule has 5 heteroatoms. The Kier molecular flexibility index (Phi) is 5.95. The standard InChI is InChI=1S/C19H21NO4/c1-13(12-14-8-10-16(24-2)11-9-14)18(21)20-17(19(22)23)15-6-4-3-5-7-15/h3-11,13,17H,12H2,1-2H3,(H,20,21)(H,22,23). The van der Waals surface area contributed by atoms with Crippen LogP contribution in [0.25, 0.3) is 0 Å². The molecule has 0 saturated carbocycles. The summed E-state index contributed by atoms with van der Waals surface area (Å²) in [5.74, 6) is -0.955. The van der Waals surface area contributed by atoms with Gasteiger partial charge in [0.15, 0.2) is 6.04 Å². The van der Waals surface area contributed by atoms with E-state index in [0.717, 1.165) is 11.3 Å². The van der Waals surface area contributed by atoms with E-state index in [9.17, 15) is 14.7 Å². The summed E-state index contributed by atoms with van der Waals surface area (Å²) in [5.41, 5.74) is 1.54. The second kappa shape index (κ2) is 8.15. The first-order valence-electron chi connectivity index (χ1n) is 7.72. The minimum atomic E-state index is -1.08. The van der Waals surface area contributed by atoms with Crippen LogP contribution in [0, 0.1) is 5.92 Å². The van der Waals surface area contributed by atoms with E-state index in [1.54, 1.807) is 44.4 Å². The van der Waals surface area contributed by atoms with Crippen molar-refractivity contribution in [2.24, 2.45) is 5.92 Å². The number of hydrogen-bond donors (Lipinski definition) is 2. The Bertz CT molecular complexity index is 682. The third kappa shape index (κ3) is 4.59. The van der Waals surface area contributed by atoms with E-state index in [-0.39, 0.29) is 11.8 Å². The van der Waals surface area contributed by atoms with Crippen molar-refractivity contribution in [2.75, 3.05) is 7.11 Å². The summed E-state index contributed by atoms with van der Waals surface area (Å²) in [6, 6.07) is 15.1. The predicted octanol–water partition coefficient (Wildman–Crippen LogP) is 2.82. The second-order valence-corrected chi connectivity index (χ2v) is 5.64. The highest BCUT2D eigenvalue weighted by Crippen LogP contribution is 2.17. The Morgan fingerprint density at radius 1 is 1.08 bits per heavy atom. The van der Waals surface area contributed by atoms with Crippen LogP contribution >= 0.6 is 0 Å². The molecule has 0 aliphatic rings. The van der Waals surface area contributed by atoms with Gasteiger partial charge in [0.05, 0.1) is 7.11 Å². The summed E-state index contributed by atoms with van der Waals surface area (Å²) in [5, 5.41) is 12.0. The molecule has 0 heterocycles. The van der Waals surface area contributed by atoms with Gasteiger partial charge >= 0.3 is 5.97 Å². The predicted molar refractivity (Wildman–Crippen MR) is 90.8 cm³/mol. The summed E-state index contributed by atoms with van der Waals surface area (Å²) in [7, 11) is 1.60. The Morgan fingerprint density at radius 3 is 2.25 bits per heavy atom. The largest absolute Gasteiger partial charge is 0.497 e. The molecule has 0 fully saturated rings. The van der Waals surface area contributed by atoms with Gasteiger partial charge in [0.1, 0.15) is 5.75 Å². The molecule has 2 aromatic carbocycles. The summed E-state index contributed by atoms with van der Waals surface area (Å²) in [6.45, 7) is 1.78. The summed E-state index contributed by atoms with van der Waals surface area (Å²) in [4.78, 5) is 23.8. The number of ether oxygens (including phenoxy) is 1. The summed E-state index contributed by atoms with van der Waals surface area (Å²) >= 11 is 0. The van der Waals surface area contributed by atoms with Gasteiger partial charge in [0.2, 0.25) is 5.91 Å². The molecule has 2 aromatic rings. The SMILES string of the molecule is COc1ccc(CC(C)C(=O)NC(C(=O)O)c2ccccc2)cc1. The number of carbonyl (C=O) groups is 2. The van der Waals surface area contributed by atoms with Crippen LogP contribution in [0.1, 0.15) is 24.1 Å². The first-order chi connectivity index (χ1) is 11.5. The van der Waals surface area contributed by atoms with Gasteiger partial charge < -0.3 is 15.2 Å². The van der Waals surface area contributed by atoms with Crippen molar-refractivity contribution in [1.82, 2.24) is 5.32 Å². The number of amides is 1. The Hall–Kier alpha value is -2.82. The van der Waals surface area contributed by atoms with Crippen molar-refractivity contribution in [2.45, 2.75) is 19.4 Å². The highest BCUT2D eigenvalue weighted by atomic mass is 16.5. The zero-order valence-electron chi connectivity index (χ0n) is 13.7. The van der Waals surface area contributed by atoms with Crippen LogP contribution in [0.2, 0.25) is 0 Å². The molecular weight excluding hydrogens is 306 g/mol. The van der Waals surface area contributed by atoms with Crippen LogP contribution in [0.15, 0.2) is 54.6 Å². The lowest BCUT2D eigenvalue weighted by Crippen LogP contribution is -2.37. The maximum atomic E-state index is 12.4. The normalized spacial score (nSPS) is 12.9. The van der Waals surface area contributed by atoms with Crippen LogP contribution in [-0.2, 0) is 16.0 Å². The van der Waals surface area contributed by atoms with E-state index in [4.69, 9.17) is 4.74 Å². The molecule has 2 N–H and O–H groups in total. The Balaban J connectivity index is 2.02. The van der Waals surface area contributed by atoms with Crippen LogP contribution in [0.3, 0.4) is 0 Å². The molecular formula is C19H21NO4. The second-order valence-electron chi connectivity index (χ2n) is 5.64. The van der Waals surface area contributed by atoms with E-state index in [1.165, 1.54) is 0 Å². The van der Waals surface area contributed by atoms with Crippen LogP contribution < -0.4 is 10.1 Å². The first-order valence-corrected chi connectivity index (χ1v) is 7.72. The molecule has 126 valence electrons. The topological polar surface area (TPSA) is 75.6 Å². The summed E-state index contributed by atoms with van der Waals surface area (Å²) < 4.78 is 5.11. The molecule has 0 spiro atoms. The van der Waals surface area contributed by atoms with Gasteiger partial charge in [-0.1, -0.05) is 49.4 Å². The number of hydrogen-bond acceptors (Lipinski definition) is 3. The van der Waals surface area contributed by atoms with Crippen molar-refractivity contribution in [3.8, 4) is 5.75 Å². The lowest BCUT2D eigenvalue weighted by atomic mass is 9.99. The minimum absolute atomic E-state index is 0.290. The average Bonchev–Trinajstić information content (AvgIpc) is 2.60. The average molecular weight is 327 g/mol. The van der Waals surface area contributed by atoms with Crippen molar-refractivity contribution in [3.05, 3.63) is 65.7 Å². The van der Waals surface area contributed by atoms with Gasteiger partial charge in [-0.15, -0.1) is 0 Å². The van der Waals surface area contributed by atoms with Gasteiger partial charge in [-0.2, -0.15) is 0 Å². The Morgan fingerprint density at radius 2 is 1.71 bits per heavy atom. The molecule has 24 heavy (non-hydrogen) atoms. The van der Waals surface area contributed by atoms with Gasteiger partial charge in [-0.05, 0) is 29.7 Å². The Labute approximate surface area is 141 Å². The highest BCUT2D eigenvalue weighted by molar-refractivity contribution is 5.85. The molecule has 0 radical (unpaired) electrons. The number of methoxy groups -OCH3 is 1. The molecule has 0 aliphatic heterocycles. The number of carbonyl (C=O) groups excluding carboxylic acids is 1. The maximum Gasteiger partial charge on any atom is 0.330 e. The van der Waals surface area contributed by atoms with Gasteiger partial charge in [0, 0.05) is 5.92 Å². The van der Waals surface area contributed by atoms with E-state index in [1.807, 2.05) is 24.3 Å². The van der Waals surface area contributed by atoms with Crippen LogP contribution in [-0.4, -0.2) is 24.1 Å². The number of aliphatic carboxylic acids is 1. The van der Waals surface area contributed by atoms with E-state index < -0.39 is 12.0 Å². The fourth-order valence-corrected chi connectivity index (χ4v) is 2.43. The first kappa shape index (κ1) is 17.5. The van der Waals surface area contributed by atoms with Gasteiger partial charge in [0.25, 0.3) is 0 Å². The molecule has 0 aromatic heterocycles. The van der Waals surface area contributed by atoms with E-state index in [2.05, 4.69) is 5.32 Å². The van der Waals surface area contributed by atoms with Gasteiger partial charge in [-0.3, -0.25) is 4.79 Å². The zero-order chi connectivity index (χ0) is 17.5. The lowest BCUT2D eigenvalue weighted by Gasteiger charge is -2.18. The number of rotatable bonds is 7. The minimum Gasteiger partial charge on any atom is -0.497 e. The monoisotopic (exact) mass is 327 g/mol. The maximum absolute atomic E-state index is 12.4.